The first-order valence-electron chi connectivity index (χ1n) is 10.7. The van der Waals surface area contributed by atoms with Crippen LogP contribution in [0.15, 0.2) is 42.5 Å². The van der Waals surface area contributed by atoms with Crippen LogP contribution in [0.2, 0.25) is 0 Å². The number of benzene rings is 2. The van der Waals surface area contributed by atoms with Crippen LogP contribution in [-0.4, -0.2) is 29.5 Å². The number of aryl methyl sites for hydroxylation is 3. The predicted molar refractivity (Wildman–Crippen MR) is 117 cm³/mol. The van der Waals surface area contributed by atoms with Crippen molar-refractivity contribution in [3.63, 3.8) is 0 Å². The van der Waals surface area contributed by atoms with Crippen molar-refractivity contribution in [3.05, 3.63) is 64.7 Å². The van der Waals surface area contributed by atoms with Gasteiger partial charge < -0.3 is 9.80 Å². The Hall–Kier alpha value is -1.03. The van der Waals surface area contributed by atoms with Crippen molar-refractivity contribution in [2.75, 3.05) is 18.4 Å². The molecule has 0 saturated carbocycles. The number of nitrogens with zero attached hydrogens (tertiary/aromatic N) is 1. The largest absolute Gasteiger partial charge is 0.320 e. The average Bonchev–Trinajstić information content (AvgIpc) is 2.68. The van der Waals surface area contributed by atoms with Gasteiger partial charge >= 0.3 is 0 Å². The predicted octanol–water partition coefficient (Wildman–Crippen LogP) is 5.53. The fraction of sp³-hybridized carbons (Fsp3) is 0.480. The van der Waals surface area contributed by atoms with Crippen molar-refractivity contribution in [2.24, 2.45) is 0 Å². The van der Waals surface area contributed by atoms with E-state index in [1.807, 2.05) is 0 Å². The SMILES string of the molecule is CCC(C(=O)Nc1c(C)cccc1C)[N+]1(Cc2ccccc2C)CCCCC1.[Y]. The van der Waals surface area contributed by atoms with Crippen LogP contribution >= 0.6 is 0 Å². The number of rotatable bonds is 6. The maximum absolute atomic E-state index is 13.5. The van der Waals surface area contributed by atoms with Gasteiger partial charge in [-0.2, -0.15) is 0 Å². The Morgan fingerprint density at radius 1 is 0.931 bits per heavy atom. The standard InChI is InChI=1S/C25H34N2O.Y/c1-5-23(25(28)26-24-20(3)13-11-14-21(24)4)27(16-9-6-10-17-27)18-22-15-8-7-12-19(22)2;/h7-8,11-15,23H,5-6,9-10,16-18H2,1-4H3;/p+1. The first-order valence-corrected chi connectivity index (χ1v) is 10.7. The summed E-state index contributed by atoms with van der Waals surface area (Å²) in [6.45, 7) is 11.6. The van der Waals surface area contributed by atoms with Gasteiger partial charge in [-0.15, -0.1) is 0 Å². The molecule has 0 spiro atoms. The molecule has 1 amide bonds. The number of likely N-dealkylation sites (tertiary alicyclic amines) is 1. The van der Waals surface area contributed by atoms with Gasteiger partial charge in [0.2, 0.25) is 0 Å². The molecule has 3 nitrogen and oxygen atoms in total. The Labute approximate surface area is 201 Å². The number of carbonyl (C=O) groups is 1. The third-order valence-electron chi connectivity index (χ3n) is 6.53. The summed E-state index contributed by atoms with van der Waals surface area (Å²) in [6.07, 6.45) is 4.56. The summed E-state index contributed by atoms with van der Waals surface area (Å²) in [7, 11) is 0. The molecule has 2 aromatic rings. The molecule has 1 atom stereocenters. The minimum absolute atomic E-state index is 0. The van der Waals surface area contributed by atoms with E-state index >= 15 is 0 Å². The van der Waals surface area contributed by atoms with E-state index in [9.17, 15) is 4.79 Å². The van der Waals surface area contributed by atoms with Crippen molar-refractivity contribution in [2.45, 2.75) is 66.0 Å². The molecule has 1 fully saturated rings. The molecule has 4 heteroatoms. The number of anilines is 1. The molecule has 2 aromatic carbocycles. The van der Waals surface area contributed by atoms with E-state index in [2.05, 4.69) is 75.5 Å². The maximum Gasteiger partial charge on any atom is 0.282 e. The van der Waals surface area contributed by atoms with Crippen molar-refractivity contribution >= 4 is 11.6 Å². The second-order valence-corrected chi connectivity index (χ2v) is 8.49. The van der Waals surface area contributed by atoms with E-state index < -0.39 is 0 Å². The molecule has 1 radical (unpaired) electrons. The monoisotopic (exact) mass is 468 g/mol. The Morgan fingerprint density at radius 3 is 2.10 bits per heavy atom. The number of quaternary nitrogens is 1. The fourth-order valence-corrected chi connectivity index (χ4v) is 4.89. The number of para-hydroxylation sites is 1. The zero-order valence-electron chi connectivity index (χ0n) is 18.5. The van der Waals surface area contributed by atoms with E-state index in [0.717, 1.165) is 47.4 Å². The molecule has 3 rings (SSSR count). The minimum Gasteiger partial charge on any atom is -0.320 e. The van der Waals surface area contributed by atoms with Crippen molar-refractivity contribution < 1.29 is 42.0 Å². The molecule has 1 heterocycles. The number of piperidine rings is 1. The summed E-state index contributed by atoms with van der Waals surface area (Å²) in [5.41, 5.74) is 5.95. The van der Waals surface area contributed by atoms with E-state index in [1.165, 1.54) is 30.4 Å². The molecule has 0 bridgehead atoms. The molecule has 0 aromatic heterocycles. The first kappa shape index (κ1) is 24.2. The smallest absolute Gasteiger partial charge is 0.282 e. The van der Waals surface area contributed by atoms with E-state index in [0.29, 0.717) is 0 Å². The van der Waals surface area contributed by atoms with Crippen LogP contribution in [0.5, 0.6) is 0 Å². The number of carbonyl (C=O) groups excluding carboxylic acids is 1. The van der Waals surface area contributed by atoms with Crippen molar-refractivity contribution in [3.8, 4) is 0 Å². The van der Waals surface area contributed by atoms with Crippen LogP contribution in [-0.2, 0) is 44.0 Å². The molecule has 1 saturated heterocycles. The Bertz CT molecular complexity index is 807. The van der Waals surface area contributed by atoms with Gasteiger partial charge in [0, 0.05) is 50.4 Å². The normalized spacial score (nSPS) is 16.6. The average molecular weight is 468 g/mol. The zero-order chi connectivity index (χ0) is 20.1. The molecule has 1 aliphatic rings. The Kier molecular flexibility index (Phi) is 9.06. The summed E-state index contributed by atoms with van der Waals surface area (Å²) in [5, 5.41) is 3.30. The summed E-state index contributed by atoms with van der Waals surface area (Å²) < 4.78 is 0.887. The van der Waals surface area contributed by atoms with Crippen LogP contribution in [0.4, 0.5) is 5.69 Å². The maximum atomic E-state index is 13.5. The topological polar surface area (TPSA) is 29.1 Å². The van der Waals surface area contributed by atoms with Gasteiger partial charge in [-0.1, -0.05) is 49.4 Å². The quantitative estimate of drug-likeness (QED) is 0.556. The van der Waals surface area contributed by atoms with Crippen LogP contribution in [0.1, 0.15) is 54.9 Å². The van der Waals surface area contributed by atoms with Crippen LogP contribution in [0.3, 0.4) is 0 Å². The van der Waals surface area contributed by atoms with Crippen LogP contribution in [0, 0.1) is 20.8 Å². The molecule has 29 heavy (non-hydrogen) atoms. The van der Waals surface area contributed by atoms with Gasteiger partial charge in [-0.05, 0) is 56.7 Å². The molecule has 1 aliphatic heterocycles. The molecule has 1 N–H and O–H groups in total. The fourth-order valence-electron chi connectivity index (χ4n) is 4.89. The summed E-state index contributed by atoms with van der Waals surface area (Å²) in [6, 6.07) is 14.8. The number of hydrogen-bond donors (Lipinski definition) is 1. The number of amides is 1. The molecular weight excluding hydrogens is 433 g/mol. The number of nitrogens with one attached hydrogen (secondary N) is 1. The van der Waals surface area contributed by atoms with E-state index in [-0.39, 0.29) is 44.7 Å². The summed E-state index contributed by atoms with van der Waals surface area (Å²) in [5.74, 6) is 0.176. The third-order valence-corrected chi connectivity index (χ3v) is 6.53. The van der Waals surface area contributed by atoms with Gasteiger partial charge in [0.25, 0.3) is 5.91 Å². The summed E-state index contributed by atoms with van der Waals surface area (Å²) in [4.78, 5) is 13.5. The van der Waals surface area contributed by atoms with Crippen LogP contribution in [0.25, 0.3) is 0 Å². The molecular formula is C25H35N2OY+. The van der Waals surface area contributed by atoms with Crippen molar-refractivity contribution in [1.29, 1.82) is 0 Å². The van der Waals surface area contributed by atoms with Gasteiger partial charge in [-0.3, -0.25) is 4.79 Å². The minimum atomic E-state index is -0.0149. The van der Waals surface area contributed by atoms with Gasteiger partial charge in [0.15, 0.2) is 6.04 Å². The van der Waals surface area contributed by atoms with E-state index in [1.54, 1.807) is 0 Å². The van der Waals surface area contributed by atoms with Gasteiger partial charge in [0.05, 0.1) is 13.1 Å². The molecule has 0 aliphatic carbocycles. The van der Waals surface area contributed by atoms with Crippen molar-refractivity contribution in [1.82, 2.24) is 0 Å². The molecule has 153 valence electrons. The molecule has 1 unspecified atom stereocenters. The second kappa shape index (κ2) is 10.8. The third kappa shape index (κ3) is 5.57. The van der Waals surface area contributed by atoms with Gasteiger partial charge in [-0.25, -0.2) is 0 Å². The Balaban J connectivity index is 0.00000300. The summed E-state index contributed by atoms with van der Waals surface area (Å²) >= 11 is 0. The number of hydrogen-bond acceptors (Lipinski definition) is 1. The van der Waals surface area contributed by atoms with E-state index in [4.69, 9.17) is 0 Å². The van der Waals surface area contributed by atoms with Gasteiger partial charge in [0.1, 0.15) is 6.54 Å². The first-order chi connectivity index (χ1) is 13.5. The van der Waals surface area contributed by atoms with Crippen LogP contribution < -0.4 is 5.32 Å². The zero-order valence-corrected chi connectivity index (χ0v) is 21.3. The Morgan fingerprint density at radius 2 is 1.52 bits per heavy atom. The second-order valence-electron chi connectivity index (χ2n) is 8.49.